The number of para-hydroxylation sites is 1. The molecule has 0 aliphatic heterocycles. The van der Waals surface area contributed by atoms with Crippen LogP contribution in [-0.4, -0.2) is 30.7 Å². The van der Waals surface area contributed by atoms with Crippen LogP contribution in [0, 0.1) is 20.8 Å². The van der Waals surface area contributed by atoms with E-state index >= 15 is 0 Å². The van der Waals surface area contributed by atoms with E-state index in [0.717, 1.165) is 22.9 Å². The van der Waals surface area contributed by atoms with Gasteiger partial charge < -0.3 is 9.84 Å². The molecule has 4 rings (SSSR count). The van der Waals surface area contributed by atoms with Gasteiger partial charge in [0.05, 0.1) is 28.1 Å². The molecule has 0 aliphatic rings. The van der Waals surface area contributed by atoms with Crippen molar-refractivity contribution in [1.82, 2.24) is 10.1 Å². The van der Waals surface area contributed by atoms with Gasteiger partial charge in [0.1, 0.15) is 0 Å². The van der Waals surface area contributed by atoms with Crippen molar-refractivity contribution in [3.8, 4) is 11.3 Å². The van der Waals surface area contributed by atoms with Gasteiger partial charge in [-0.1, -0.05) is 47.1 Å². The molecule has 32 heavy (non-hydrogen) atoms. The van der Waals surface area contributed by atoms with E-state index in [1.54, 1.807) is 37.3 Å². The predicted octanol–water partition coefficient (Wildman–Crippen LogP) is 4.61. The van der Waals surface area contributed by atoms with Gasteiger partial charge in [-0.05, 0) is 44.0 Å². The van der Waals surface area contributed by atoms with Crippen molar-refractivity contribution in [1.29, 1.82) is 0 Å². The Balaban J connectivity index is 1.81. The number of amides is 1. The van der Waals surface area contributed by atoms with Crippen LogP contribution in [0.4, 0.5) is 5.69 Å². The van der Waals surface area contributed by atoms with Crippen molar-refractivity contribution in [3.05, 3.63) is 76.5 Å². The molecule has 0 fully saturated rings. The first-order chi connectivity index (χ1) is 15.1. The molecule has 0 saturated carbocycles. The lowest BCUT2D eigenvalue weighted by atomic mass is 10.00. The van der Waals surface area contributed by atoms with Gasteiger partial charge in [0, 0.05) is 17.5 Å². The van der Waals surface area contributed by atoms with E-state index in [1.807, 2.05) is 32.0 Å². The Kier molecular flexibility index (Phi) is 5.56. The fraction of sp³-hybridized carbons (Fsp3) is 0.208. The van der Waals surface area contributed by atoms with E-state index in [1.165, 1.54) is 0 Å². The van der Waals surface area contributed by atoms with Crippen molar-refractivity contribution < 1.29 is 17.7 Å². The average Bonchev–Trinajstić information content (AvgIpc) is 3.08. The molecule has 2 aromatic heterocycles. The summed E-state index contributed by atoms with van der Waals surface area (Å²) in [6.45, 7) is 5.75. The number of sulfone groups is 1. The number of aromatic nitrogens is 2. The number of nitrogens with zero attached hydrogens (tertiary/aromatic N) is 2. The molecule has 0 radical (unpaired) electrons. The van der Waals surface area contributed by atoms with Gasteiger partial charge in [0.2, 0.25) is 0 Å². The standard InChI is InChI=1S/C24H23N3O4S/c1-14-9-10-18(15(2)11-14)21-12-19(22-16(3)27-31-24(22)26-21)23(28)25-20-8-6-5-7-17(20)13-32(4,29)30/h5-12H,13H2,1-4H3,(H,25,28). The molecule has 1 N–H and O–H groups in total. The summed E-state index contributed by atoms with van der Waals surface area (Å²) in [4.78, 5) is 17.9. The van der Waals surface area contributed by atoms with Crippen LogP contribution in [0.3, 0.4) is 0 Å². The minimum atomic E-state index is -3.27. The van der Waals surface area contributed by atoms with E-state index in [4.69, 9.17) is 4.52 Å². The molecule has 164 valence electrons. The number of fused-ring (bicyclic) bond motifs is 1. The second-order valence-electron chi connectivity index (χ2n) is 8.00. The van der Waals surface area contributed by atoms with Crippen molar-refractivity contribution in [3.63, 3.8) is 0 Å². The lowest BCUT2D eigenvalue weighted by Crippen LogP contribution is -2.15. The third-order valence-corrected chi connectivity index (χ3v) is 6.04. The largest absolute Gasteiger partial charge is 0.335 e. The maximum atomic E-state index is 13.4. The van der Waals surface area contributed by atoms with E-state index in [2.05, 4.69) is 15.5 Å². The average molecular weight is 450 g/mol. The molecular formula is C24H23N3O4S. The Hall–Kier alpha value is -3.52. The van der Waals surface area contributed by atoms with Crippen LogP contribution in [0.15, 0.2) is 53.1 Å². The normalized spacial score (nSPS) is 11.6. The van der Waals surface area contributed by atoms with Gasteiger partial charge in [0.15, 0.2) is 9.84 Å². The molecule has 2 heterocycles. The number of aryl methyl sites for hydroxylation is 3. The molecule has 0 aliphatic carbocycles. The summed E-state index contributed by atoms with van der Waals surface area (Å²) in [6, 6.07) is 14.6. The molecule has 4 aromatic rings. The Morgan fingerprint density at radius 2 is 1.81 bits per heavy atom. The summed E-state index contributed by atoms with van der Waals surface area (Å²) in [5, 5.41) is 7.37. The van der Waals surface area contributed by atoms with Crippen LogP contribution in [0.2, 0.25) is 0 Å². The fourth-order valence-electron chi connectivity index (χ4n) is 3.75. The number of hydrogen-bond donors (Lipinski definition) is 1. The first kappa shape index (κ1) is 21.7. The number of pyridine rings is 1. The van der Waals surface area contributed by atoms with Gasteiger partial charge >= 0.3 is 0 Å². The van der Waals surface area contributed by atoms with Gasteiger partial charge in [-0.15, -0.1) is 0 Å². The van der Waals surface area contributed by atoms with Crippen LogP contribution in [-0.2, 0) is 15.6 Å². The van der Waals surface area contributed by atoms with E-state index < -0.39 is 15.7 Å². The maximum absolute atomic E-state index is 13.4. The van der Waals surface area contributed by atoms with Crippen molar-refractivity contribution >= 4 is 32.5 Å². The predicted molar refractivity (Wildman–Crippen MR) is 124 cm³/mol. The Labute approximate surface area is 186 Å². The molecule has 1 amide bonds. The van der Waals surface area contributed by atoms with E-state index in [9.17, 15) is 13.2 Å². The van der Waals surface area contributed by atoms with Gasteiger partial charge in [-0.3, -0.25) is 4.79 Å². The smallest absolute Gasteiger partial charge is 0.259 e. The summed E-state index contributed by atoms with van der Waals surface area (Å²) >= 11 is 0. The highest BCUT2D eigenvalue weighted by atomic mass is 32.2. The monoisotopic (exact) mass is 449 g/mol. The molecule has 2 aromatic carbocycles. The number of hydrogen-bond acceptors (Lipinski definition) is 6. The summed E-state index contributed by atoms with van der Waals surface area (Å²) in [5.74, 6) is -0.564. The van der Waals surface area contributed by atoms with Crippen LogP contribution >= 0.6 is 0 Å². The lowest BCUT2D eigenvalue weighted by molar-refractivity contribution is 0.102. The molecule has 0 unspecified atom stereocenters. The highest BCUT2D eigenvalue weighted by Crippen LogP contribution is 2.30. The zero-order valence-electron chi connectivity index (χ0n) is 18.3. The van der Waals surface area contributed by atoms with E-state index in [0.29, 0.717) is 33.6 Å². The second kappa shape index (κ2) is 8.20. The van der Waals surface area contributed by atoms with Gasteiger partial charge in [-0.25, -0.2) is 13.4 Å². The second-order valence-corrected chi connectivity index (χ2v) is 10.1. The number of rotatable bonds is 5. The number of nitrogens with one attached hydrogen (secondary N) is 1. The van der Waals surface area contributed by atoms with E-state index in [-0.39, 0.29) is 11.5 Å². The first-order valence-corrected chi connectivity index (χ1v) is 12.1. The Morgan fingerprint density at radius 3 is 2.53 bits per heavy atom. The van der Waals surface area contributed by atoms with Crippen molar-refractivity contribution in [2.45, 2.75) is 26.5 Å². The van der Waals surface area contributed by atoms with Crippen LogP contribution in [0.25, 0.3) is 22.4 Å². The first-order valence-electron chi connectivity index (χ1n) is 10.0. The van der Waals surface area contributed by atoms with Gasteiger partial charge in [0.25, 0.3) is 11.6 Å². The Morgan fingerprint density at radius 1 is 1.06 bits per heavy atom. The summed E-state index contributed by atoms with van der Waals surface area (Å²) < 4.78 is 29.0. The summed E-state index contributed by atoms with van der Waals surface area (Å²) in [7, 11) is -3.27. The SMILES string of the molecule is Cc1ccc(-c2cc(C(=O)Nc3ccccc3CS(C)(=O)=O)c3c(C)noc3n2)c(C)c1. The van der Waals surface area contributed by atoms with Crippen molar-refractivity contribution in [2.24, 2.45) is 0 Å². The number of carbonyl (C=O) groups excluding carboxylic acids is 1. The number of benzene rings is 2. The zero-order valence-corrected chi connectivity index (χ0v) is 19.1. The van der Waals surface area contributed by atoms with Gasteiger partial charge in [-0.2, -0.15) is 0 Å². The molecule has 0 bridgehead atoms. The zero-order chi connectivity index (χ0) is 23.0. The molecular weight excluding hydrogens is 426 g/mol. The molecule has 7 nitrogen and oxygen atoms in total. The minimum absolute atomic E-state index is 0.171. The van der Waals surface area contributed by atoms with Crippen LogP contribution < -0.4 is 5.32 Å². The fourth-order valence-corrected chi connectivity index (χ4v) is 4.57. The number of carbonyl (C=O) groups is 1. The lowest BCUT2D eigenvalue weighted by Gasteiger charge is -2.12. The highest BCUT2D eigenvalue weighted by Gasteiger charge is 2.21. The minimum Gasteiger partial charge on any atom is -0.335 e. The van der Waals surface area contributed by atoms with Crippen LogP contribution in [0.5, 0.6) is 0 Å². The Bertz CT molecular complexity index is 1460. The molecule has 0 spiro atoms. The topological polar surface area (TPSA) is 102 Å². The number of anilines is 1. The third-order valence-electron chi connectivity index (χ3n) is 5.20. The summed E-state index contributed by atoms with van der Waals surface area (Å²) in [5.41, 5.74) is 5.78. The molecule has 8 heteroatoms. The van der Waals surface area contributed by atoms with Crippen molar-refractivity contribution in [2.75, 3.05) is 11.6 Å². The third kappa shape index (κ3) is 4.40. The highest BCUT2D eigenvalue weighted by molar-refractivity contribution is 7.89. The maximum Gasteiger partial charge on any atom is 0.259 e. The quantitative estimate of drug-likeness (QED) is 0.477. The van der Waals surface area contributed by atoms with Crippen LogP contribution in [0.1, 0.15) is 32.7 Å². The summed E-state index contributed by atoms with van der Waals surface area (Å²) in [6.07, 6.45) is 1.16. The molecule has 0 atom stereocenters. The molecule has 0 saturated heterocycles.